The second-order valence-corrected chi connectivity index (χ2v) is 5.47. The molecule has 1 saturated carbocycles. The lowest BCUT2D eigenvalue weighted by Crippen LogP contribution is -2.20. The van der Waals surface area contributed by atoms with E-state index in [1.807, 2.05) is 0 Å². The topological polar surface area (TPSA) is 3.24 Å². The highest BCUT2D eigenvalue weighted by Gasteiger charge is 2.38. The number of fused-ring (bicyclic) bond motifs is 5. The Morgan fingerprint density at radius 2 is 1.22 bits per heavy atom. The smallest absolute Gasteiger partial charge is 0.0443 e. The number of nitrogens with zero attached hydrogens (tertiary/aromatic N) is 1. The van der Waals surface area contributed by atoms with Gasteiger partial charge in [-0.1, -0.05) is 36.4 Å². The van der Waals surface area contributed by atoms with E-state index in [2.05, 4.69) is 60.5 Å². The van der Waals surface area contributed by atoms with E-state index < -0.39 is 0 Å². The number of hydrogen-bond acceptors (Lipinski definition) is 1. The fourth-order valence-electron chi connectivity index (χ4n) is 3.59. The summed E-state index contributed by atoms with van der Waals surface area (Å²) in [5.74, 6) is 1.46. The molecule has 2 aromatic carbocycles. The van der Waals surface area contributed by atoms with Crippen molar-refractivity contribution in [3.63, 3.8) is 0 Å². The molecule has 0 aromatic heterocycles. The van der Waals surface area contributed by atoms with E-state index in [0.29, 0.717) is 0 Å². The summed E-state index contributed by atoms with van der Waals surface area (Å²) in [7, 11) is 2.20. The van der Waals surface area contributed by atoms with E-state index in [1.54, 1.807) is 0 Å². The number of benzene rings is 2. The Balaban J connectivity index is 1.99. The zero-order valence-electron chi connectivity index (χ0n) is 10.6. The molecule has 4 rings (SSSR count). The molecule has 1 fully saturated rings. The quantitative estimate of drug-likeness (QED) is 0.653. The number of rotatable bonds is 0. The summed E-state index contributed by atoms with van der Waals surface area (Å²) >= 11 is 0. The molecule has 1 aliphatic carbocycles. The molecule has 0 saturated heterocycles. The average Bonchev–Trinajstić information content (AvgIpc) is 2.44. The molecule has 2 aromatic rings. The average molecular weight is 235 g/mol. The van der Waals surface area contributed by atoms with E-state index in [1.165, 1.54) is 35.3 Å². The van der Waals surface area contributed by atoms with E-state index in [4.69, 9.17) is 0 Å². The fourth-order valence-corrected chi connectivity index (χ4v) is 3.59. The molecular formula is C17H17N. The number of anilines is 2. The molecular weight excluding hydrogens is 218 g/mol. The Hall–Kier alpha value is -1.76. The number of hydrogen-bond donors (Lipinski definition) is 0. The van der Waals surface area contributed by atoms with Gasteiger partial charge in [0.2, 0.25) is 0 Å². The third kappa shape index (κ3) is 1.22. The molecule has 90 valence electrons. The molecule has 1 heterocycles. The van der Waals surface area contributed by atoms with E-state index in [9.17, 15) is 0 Å². The van der Waals surface area contributed by atoms with Crippen LogP contribution in [-0.4, -0.2) is 7.05 Å². The maximum absolute atomic E-state index is 2.36. The van der Waals surface area contributed by atoms with Crippen LogP contribution in [0.5, 0.6) is 0 Å². The zero-order valence-corrected chi connectivity index (χ0v) is 10.6. The van der Waals surface area contributed by atoms with Gasteiger partial charge in [-0.05, 0) is 47.9 Å². The Morgan fingerprint density at radius 3 is 1.67 bits per heavy atom. The first-order chi connectivity index (χ1) is 8.86. The molecule has 0 radical (unpaired) electrons. The Bertz CT molecular complexity index is 549. The molecule has 18 heavy (non-hydrogen) atoms. The summed E-state index contributed by atoms with van der Waals surface area (Å²) in [6, 6.07) is 17.8. The second kappa shape index (κ2) is 3.61. The summed E-state index contributed by atoms with van der Waals surface area (Å²) in [5, 5.41) is 0. The van der Waals surface area contributed by atoms with Crippen molar-refractivity contribution < 1.29 is 0 Å². The minimum Gasteiger partial charge on any atom is -0.344 e. The van der Waals surface area contributed by atoms with Crippen LogP contribution in [0, 0.1) is 0 Å². The molecule has 1 heteroatoms. The zero-order chi connectivity index (χ0) is 12.1. The van der Waals surface area contributed by atoms with Crippen molar-refractivity contribution in [2.24, 2.45) is 0 Å². The first-order valence-corrected chi connectivity index (χ1v) is 6.78. The van der Waals surface area contributed by atoms with Crippen molar-refractivity contribution in [3.8, 4) is 0 Å². The highest BCUT2D eigenvalue weighted by molar-refractivity contribution is 5.73. The van der Waals surface area contributed by atoms with Crippen molar-refractivity contribution in [3.05, 3.63) is 59.7 Å². The van der Waals surface area contributed by atoms with Gasteiger partial charge in [0.15, 0.2) is 0 Å². The van der Waals surface area contributed by atoms with E-state index in [-0.39, 0.29) is 0 Å². The third-order valence-electron chi connectivity index (χ3n) is 4.67. The molecule has 1 aliphatic heterocycles. The lowest BCUT2D eigenvalue weighted by atomic mass is 9.67. The maximum atomic E-state index is 2.36. The van der Waals surface area contributed by atoms with Crippen molar-refractivity contribution in [1.82, 2.24) is 0 Å². The minimum absolute atomic E-state index is 0.729. The van der Waals surface area contributed by atoms with Gasteiger partial charge in [0.25, 0.3) is 0 Å². The van der Waals surface area contributed by atoms with Crippen LogP contribution in [0.4, 0.5) is 11.4 Å². The molecule has 2 atom stereocenters. The van der Waals surface area contributed by atoms with Gasteiger partial charge in [-0.15, -0.1) is 0 Å². The Kier molecular flexibility index (Phi) is 2.05. The fraction of sp³-hybridized carbons (Fsp3) is 0.294. The highest BCUT2D eigenvalue weighted by Crippen LogP contribution is 2.56. The van der Waals surface area contributed by atoms with Gasteiger partial charge in [-0.2, -0.15) is 0 Å². The van der Waals surface area contributed by atoms with Gasteiger partial charge >= 0.3 is 0 Å². The third-order valence-corrected chi connectivity index (χ3v) is 4.67. The second-order valence-electron chi connectivity index (χ2n) is 5.47. The molecule has 0 bridgehead atoms. The normalized spacial score (nSPS) is 24.4. The van der Waals surface area contributed by atoms with Gasteiger partial charge < -0.3 is 4.90 Å². The summed E-state index contributed by atoms with van der Waals surface area (Å²) in [4.78, 5) is 2.36. The molecule has 0 spiro atoms. The van der Waals surface area contributed by atoms with E-state index in [0.717, 1.165) is 11.8 Å². The van der Waals surface area contributed by atoms with Crippen LogP contribution in [0.15, 0.2) is 48.5 Å². The highest BCUT2D eigenvalue weighted by atomic mass is 15.1. The minimum atomic E-state index is 0.729. The van der Waals surface area contributed by atoms with Crippen molar-refractivity contribution >= 4 is 11.4 Å². The van der Waals surface area contributed by atoms with Crippen LogP contribution in [0.3, 0.4) is 0 Å². The van der Waals surface area contributed by atoms with Crippen molar-refractivity contribution in [2.75, 3.05) is 11.9 Å². The van der Waals surface area contributed by atoms with Gasteiger partial charge in [0.1, 0.15) is 0 Å². The summed E-state index contributed by atoms with van der Waals surface area (Å²) in [6.07, 6.45) is 2.67. The van der Waals surface area contributed by atoms with E-state index >= 15 is 0 Å². The lowest BCUT2D eigenvalue weighted by Gasteiger charge is -2.36. The Morgan fingerprint density at radius 1 is 0.778 bits per heavy atom. The van der Waals surface area contributed by atoms with Crippen molar-refractivity contribution in [1.29, 1.82) is 0 Å². The predicted molar refractivity (Wildman–Crippen MR) is 75.7 cm³/mol. The van der Waals surface area contributed by atoms with Gasteiger partial charge in [-0.3, -0.25) is 0 Å². The SMILES string of the molecule is CN1c2ccccc2C2CCC2c2ccccc21. The van der Waals surface area contributed by atoms with Crippen molar-refractivity contribution in [2.45, 2.75) is 24.7 Å². The Labute approximate surface area is 108 Å². The predicted octanol–water partition coefficient (Wildman–Crippen LogP) is 4.43. The monoisotopic (exact) mass is 235 g/mol. The molecule has 0 amide bonds. The van der Waals surface area contributed by atoms with Gasteiger partial charge in [-0.25, -0.2) is 0 Å². The molecule has 0 N–H and O–H groups in total. The van der Waals surface area contributed by atoms with Crippen LogP contribution in [0.2, 0.25) is 0 Å². The largest absolute Gasteiger partial charge is 0.344 e. The first kappa shape index (κ1) is 10.2. The van der Waals surface area contributed by atoms with Crippen LogP contribution >= 0.6 is 0 Å². The molecule has 2 unspecified atom stereocenters. The van der Waals surface area contributed by atoms with Crippen LogP contribution in [-0.2, 0) is 0 Å². The van der Waals surface area contributed by atoms with Crippen LogP contribution < -0.4 is 4.90 Å². The van der Waals surface area contributed by atoms with Gasteiger partial charge in [0.05, 0.1) is 0 Å². The molecule has 2 aliphatic rings. The maximum Gasteiger partial charge on any atom is 0.0443 e. The summed E-state index contributed by atoms with van der Waals surface area (Å²) < 4.78 is 0. The summed E-state index contributed by atoms with van der Waals surface area (Å²) in [6.45, 7) is 0. The number of para-hydroxylation sites is 2. The first-order valence-electron chi connectivity index (χ1n) is 6.78. The molecule has 1 nitrogen and oxygen atoms in total. The van der Waals surface area contributed by atoms with Crippen LogP contribution in [0.25, 0.3) is 0 Å². The van der Waals surface area contributed by atoms with Crippen LogP contribution in [0.1, 0.15) is 35.8 Å². The summed E-state index contributed by atoms with van der Waals surface area (Å²) in [5.41, 5.74) is 5.84. The van der Waals surface area contributed by atoms with Gasteiger partial charge in [0, 0.05) is 18.4 Å². The standard InChI is InChI=1S/C17H17N/c1-18-16-8-4-2-6-14(16)12-10-11-13(12)15-7-3-5-9-17(15)18/h2-9,12-13H,10-11H2,1H3. The lowest BCUT2D eigenvalue weighted by molar-refractivity contribution is 0.350.